The average Bonchev–Trinajstić information content (AvgIpc) is 2.86. The van der Waals surface area contributed by atoms with Crippen LogP contribution in [0.25, 0.3) is 0 Å². The van der Waals surface area contributed by atoms with Crippen molar-refractivity contribution in [2.75, 3.05) is 7.05 Å². The molecule has 2 heterocycles. The van der Waals surface area contributed by atoms with Crippen LogP contribution in [-0.2, 0) is 13.1 Å². The van der Waals surface area contributed by atoms with Crippen LogP contribution in [0.1, 0.15) is 35.3 Å². The molecule has 0 N–H and O–H groups in total. The molecule has 0 fully saturated rings. The summed E-state index contributed by atoms with van der Waals surface area (Å²) in [4.78, 5) is 25.4. The van der Waals surface area contributed by atoms with Crippen LogP contribution in [0, 0.1) is 6.92 Å². The quantitative estimate of drug-likeness (QED) is 0.827. The van der Waals surface area contributed by atoms with Crippen molar-refractivity contribution in [1.29, 1.82) is 0 Å². The van der Waals surface area contributed by atoms with Crippen molar-refractivity contribution in [3.8, 4) is 0 Å². The normalized spacial score (nSPS) is 10.6. The van der Waals surface area contributed by atoms with E-state index in [1.54, 1.807) is 20.0 Å². The van der Waals surface area contributed by atoms with Gasteiger partial charge >= 0.3 is 0 Å². The molecule has 0 radical (unpaired) electrons. The van der Waals surface area contributed by atoms with E-state index in [9.17, 15) is 9.59 Å². The molecule has 0 atom stereocenters. The summed E-state index contributed by atoms with van der Waals surface area (Å²) in [6.07, 6.45) is 0.776. The fourth-order valence-electron chi connectivity index (χ4n) is 1.94. The minimum atomic E-state index is -0.263. The van der Waals surface area contributed by atoms with Gasteiger partial charge in [0, 0.05) is 25.7 Å². The standard InChI is InChI=1S/C14H18N4O3/c1-4-7-18-13(19)6-5-12(15-18)14(20)17(3)9-11-8-10(2)21-16-11/h5-6,8H,4,7,9H2,1-3H3. The first-order valence-corrected chi connectivity index (χ1v) is 6.77. The van der Waals surface area contributed by atoms with E-state index in [4.69, 9.17) is 4.52 Å². The predicted octanol–water partition coefficient (Wildman–Crippen LogP) is 1.22. The van der Waals surface area contributed by atoms with Gasteiger partial charge in [-0.25, -0.2) is 4.68 Å². The third-order valence-electron chi connectivity index (χ3n) is 2.94. The molecule has 7 heteroatoms. The molecular formula is C14H18N4O3. The molecule has 7 nitrogen and oxygen atoms in total. The molecule has 0 aliphatic heterocycles. The topological polar surface area (TPSA) is 81.2 Å². The smallest absolute Gasteiger partial charge is 0.274 e. The van der Waals surface area contributed by atoms with Crippen molar-refractivity contribution in [3.05, 3.63) is 45.7 Å². The number of amides is 1. The molecule has 1 amide bonds. The Balaban J connectivity index is 2.15. The second-order valence-corrected chi connectivity index (χ2v) is 4.87. The summed E-state index contributed by atoms with van der Waals surface area (Å²) >= 11 is 0. The summed E-state index contributed by atoms with van der Waals surface area (Å²) in [5.74, 6) is 0.431. The van der Waals surface area contributed by atoms with E-state index in [1.165, 1.54) is 21.7 Å². The van der Waals surface area contributed by atoms with Crippen molar-refractivity contribution in [2.45, 2.75) is 33.4 Å². The number of rotatable bonds is 5. The summed E-state index contributed by atoms with van der Waals surface area (Å²) in [7, 11) is 1.66. The van der Waals surface area contributed by atoms with Gasteiger partial charge in [-0.1, -0.05) is 12.1 Å². The van der Waals surface area contributed by atoms with Gasteiger partial charge in [0.05, 0.1) is 6.54 Å². The number of nitrogens with zero attached hydrogens (tertiary/aromatic N) is 4. The monoisotopic (exact) mass is 290 g/mol. The van der Waals surface area contributed by atoms with Crippen molar-refractivity contribution in [3.63, 3.8) is 0 Å². The highest BCUT2D eigenvalue weighted by atomic mass is 16.5. The van der Waals surface area contributed by atoms with Crippen LogP contribution in [0.15, 0.2) is 27.5 Å². The average molecular weight is 290 g/mol. The highest BCUT2D eigenvalue weighted by Crippen LogP contribution is 2.07. The zero-order valence-corrected chi connectivity index (χ0v) is 12.4. The summed E-state index contributed by atoms with van der Waals surface area (Å²) in [5, 5.41) is 7.95. The zero-order valence-electron chi connectivity index (χ0n) is 12.4. The van der Waals surface area contributed by atoms with Crippen LogP contribution in [-0.4, -0.2) is 32.8 Å². The Morgan fingerprint density at radius 1 is 1.43 bits per heavy atom. The van der Waals surface area contributed by atoms with Crippen molar-refractivity contribution in [1.82, 2.24) is 19.8 Å². The Kier molecular flexibility index (Phi) is 4.52. The zero-order chi connectivity index (χ0) is 15.4. The molecule has 2 aromatic heterocycles. The van der Waals surface area contributed by atoms with E-state index < -0.39 is 0 Å². The van der Waals surface area contributed by atoms with Crippen molar-refractivity contribution < 1.29 is 9.32 Å². The second-order valence-electron chi connectivity index (χ2n) is 4.87. The minimum absolute atomic E-state index is 0.205. The Labute approximate surface area is 122 Å². The summed E-state index contributed by atoms with van der Waals surface area (Å²) in [5.41, 5.74) is 0.708. The molecule has 0 saturated carbocycles. The number of aromatic nitrogens is 3. The molecule has 2 aromatic rings. The van der Waals surface area contributed by atoms with E-state index in [0.29, 0.717) is 24.5 Å². The highest BCUT2D eigenvalue weighted by Gasteiger charge is 2.16. The van der Waals surface area contributed by atoms with Gasteiger partial charge in [-0.3, -0.25) is 9.59 Å². The third-order valence-corrected chi connectivity index (χ3v) is 2.94. The molecule has 21 heavy (non-hydrogen) atoms. The van der Waals surface area contributed by atoms with Crippen LogP contribution in [0.3, 0.4) is 0 Å². The lowest BCUT2D eigenvalue weighted by molar-refractivity contribution is 0.0773. The Morgan fingerprint density at radius 2 is 2.19 bits per heavy atom. The van der Waals surface area contributed by atoms with E-state index in [1.807, 2.05) is 6.92 Å². The summed E-state index contributed by atoms with van der Waals surface area (Å²) < 4.78 is 6.28. The highest BCUT2D eigenvalue weighted by molar-refractivity contribution is 5.91. The maximum absolute atomic E-state index is 12.3. The number of carbonyl (C=O) groups is 1. The fourth-order valence-corrected chi connectivity index (χ4v) is 1.94. The predicted molar refractivity (Wildman–Crippen MR) is 75.8 cm³/mol. The largest absolute Gasteiger partial charge is 0.361 e. The van der Waals surface area contributed by atoms with E-state index in [0.717, 1.165) is 6.42 Å². The Bertz CT molecular complexity index is 690. The van der Waals surface area contributed by atoms with Crippen LogP contribution in [0.2, 0.25) is 0 Å². The molecule has 0 aliphatic rings. The van der Waals surface area contributed by atoms with Gasteiger partial charge in [0.1, 0.15) is 17.1 Å². The first kappa shape index (κ1) is 15.0. The van der Waals surface area contributed by atoms with Crippen molar-refractivity contribution >= 4 is 5.91 Å². The maximum Gasteiger partial charge on any atom is 0.274 e. The molecule has 0 spiro atoms. The van der Waals surface area contributed by atoms with E-state index >= 15 is 0 Å². The molecule has 0 aromatic carbocycles. The molecule has 2 rings (SSSR count). The van der Waals surface area contributed by atoms with Crippen LogP contribution >= 0.6 is 0 Å². The molecular weight excluding hydrogens is 272 g/mol. The molecule has 0 saturated heterocycles. The Morgan fingerprint density at radius 3 is 2.81 bits per heavy atom. The van der Waals surface area contributed by atoms with E-state index in [-0.39, 0.29) is 17.2 Å². The lowest BCUT2D eigenvalue weighted by Gasteiger charge is -2.15. The van der Waals surface area contributed by atoms with Gasteiger partial charge in [-0.15, -0.1) is 0 Å². The number of carbonyl (C=O) groups excluding carboxylic acids is 1. The van der Waals surface area contributed by atoms with Crippen LogP contribution in [0.5, 0.6) is 0 Å². The van der Waals surface area contributed by atoms with Gasteiger partial charge in [0.15, 0.2) is 0 Å². The Hall–Kier alpha value is -2.44. The fraction of sp³-hybridized carbons (Fsp3) is 0.429. The number of hydrogen-bond donors (Lipinski definition) is 0. The SMILES string of the molecule is CCCn1nc(C(=O)N(C)Cc2cc(C)on2)ccc1=O. The lowest BCUT2D eigenvalue weighted by Crippen LogP contribution is -2.31. The molecule has 0 unspecified atom stereocenters. The molecule has 0 bridgehead atoms. The first-order chi connectivity index (χ1) is 10.0. The van der Waals surface area contributed by atoms with Gasteiger partial charge in [0.25, 0.3) is 11.5 Å². The molecule has 0 aliphatic carbocycles. The van der Waals surface area contributed by atoms with Crippen molar-refractivity contribution in [2.24, 2.45) is 0 Å². The first-order valence-electron chi connectivity index (χ1n) is 6.77. The summed E-state index contributed by atoms with van der Waals surface area (Å²) in [6, 6.07) is 4.58. The number of aryl methyl sites for hydroxylation is 2. The van der Waals surface area contributed by atoms with Crippen LogP contribution in [0.4, 0.5) is 0 Å². The third kappa shape index (κ3) is 3.56. The minimum Gasteiger partial charge on any atom is -0.361 e. The summed E-state index contributed by atoms with van der Waals surface area (Å²) in [6.45, 7) is 4.55. The lowest BCUT2D eigenvalue weighted by atomic mass is 10.3. The van der Waals surface area contributed by atoms with Gasteiger partial charge in [-0.2, -0.15) is 5.10 Å². The molecule has 112 valence electrons. The van der Waals surface area contributed by atoms with Gasteiger partial charge in [0.2, 0.25) is 0 Å². The van der Waals surface area contributed by atoms with Gasteiger partial charge < -0.3 is 9.42 Å². The van der Waals surface area contributed by atoms with Crippen LogP contribution < -0.4 is 5.56 Å². The second kappa shape index (κ2) is 6.34. The van der Waals surface area contributed by atoms with Gasteiger partial charge in [-0.05, 0) is 19.4 Å². The maximum atomic E-state index is 12.3. The van der Waals surface area contributed by atoms with E-state index in [2.05, 4.69) is 10.3 Å². The number of hydrogen-bond acceptors (Lipinski definition) is 5.